The maximum absolute atomic E-state index is 5.86. The summed E-state index contributed by atoms with van der Waals surface area (Å²) in [4.78, 5) is 0. The third-order valence-corrected chi connectivity index (χ3v) is 2.04. The molecule has 72 valence electrons. The molecule has 0 unspecified atom stereocenters. The van der Waals surface area contributed by atoms with E-state index in [9.17, 15) is 0 Å². The predicted molar refractivity (Wildman–Crippen MR) is 49.3 cm³/mol. The summed E-state index contributed by atoms with van der Waals surface area (Å²) in [6.45, 7) is 10.4. The van der Waals surface area contributed by atoms with Gasteiger partial charge in [0.1, 0.15) is 0 Å². The van der Waals surface area contributed by atoms with Crippen molar-refractivity contribution < 1.29 is 9.47 Å². The van der Waals surface area contributed by atoms with E-state index in [2.05, 4.69) is 34.6 Å². The van der Waals surface area contributed by atoms with E-state index in [0.717, 1.165) is 6.42 Å². The number of hydrogen-bond donors (Lipinski definition) is 0. The second-order valence-corrected chi connectivity index (χ2v) is 4.66. The molecule has 1 fully saturated rings. The molecule has 0 N–H and O–H groups in total. The zero-order valence-corrected chi connectivity index (χ0v) is 8.76. The van der Waals surface area contributed by atoms with Gasteiger partial charge in [-0.2, -0.15) is 0 Å². The average molecular weight is 172 g/mol. The summed E-state index contributed by atoms with van der Waals surface area (Å²) in [5.41, 5.74) is -0.0493. The van der Waals surface area contributed by atoms with E-state index >= 15 is 0 Å². The zero-order chi connectivity index (χ0) is 9.35. The van der Waals surface area contributed by atoms with Crippen molar-refractivity contribution in [3.63, 3.8) is 0 Å². The Bertz CT molecular complexity index is 148. The van der Waals surface area contributed by atoms with E-state index in [1.165, 1.54) is 0 Å². The first-order valence-electron chi connectivity index (χ1n) is 4.72. The zero-order valence-electron chi connectivity index (χ0n) is 8.76. The van der Waals surface area contributed by atoms with E-state index in [1.54, 1.807) is 0 Å². The van der Waals surface area contributed by atoms with Crippen LogP contribution in [0.5, 0.6) is 0 Å². The van der Waals surface area contributed by atoms with Crippen molar-refractivity contribution in [2.75, 3.05) is 0 Å². The van der Waals surface area contributed by atoms with Crippen molar-refractivity contribution in [2.45, 2.75) is 65.0 Å². The Hall–Kier alpha value is -0.0800. The Kier molecular flexibility index (Phi) is 2.79. The van der Waals surface area contributed by atoms with E-state index in [0.29, 0.717) is 6.10 Å². The van der Waals surface area contributed by atoms with Crippen LogP contribution < -0.4 is 0 Å². The van der Waals surface area contributed by atoms with Crippen LogP contribution in [0.2, 0.25) is 0 Å². The largest absolute Gasteiger partial charge is 0.373 e. The van der Waals surface area contributed by atoms with Crippen LogP contribution in [0.15, 0.2) is 0 Å². The monoisotopic (exact) mass is 172 g/mol. The molecular formula is C10H20O2. The number of hydrogen-bond acceptors (Lipinski definition) is 2. The fraction of sp³-hybridized carbons (Fsp3) is 1.00. The molecule has 0 saturated carbocycles. The third-order valence-electron chi connectivity index (χ3n) is 2.04. The summed E-state index contributed by atoms with van der Waals surface area (Å²) in [5, 5.41) is 0. The van der Waals surface area contributed by atoms with Gasteiger partial charge in [0.25, 0.3) is 0 Å². The van der Waals surface area contributed by atoms with E-state index in [4.69, 9.17) is 9.47 Å². The SMILES string of the molecule is C[C@H]1C[C@@H](OC(C)(C)C)[C@@H](C)O1. The van der Waals surface area contributed by atoms with Gasteiger partial charge in [0, 0.05) is 6.42 Å². The maximum Gasteiger partial charge on any atom is 0.0865 e. The smallest absolute Gasteiger partial charge is 0.0865 e. The van der Waals surface area contributed by atoms with Gasteiger partial charge < -0.3 is 9.47 Å². The van der Waals surface area contributed by atoms with E-state index in [1.807, 2.05) is 0 Å². The lowest BCUT2D eigenvalue weighted by atomic mass is 10.1. The molecule has 0 bridgehead atoms. The minimum absolute atomic E-state index is 0.0493. The molecule has 1 aliphatic heterocycles. The lowest BCUT2D eigenvalue weighted by Crippen LogP contribution is -2.31. The fourth-order valence-electron chi connectivity index (χ4n) is 1.63. The molecule has 0 amide bonds. The highest BCUT2D eigenvalue weighted by atomic mass is 16.6. The Balaban J connectivity index is 2.43. The molecule has 1 saturated heterocycles. The van der Waals surface area contributed by atoms with Crippen molar-refractivity contribution in [3.05, 3.63) is 0 Å². The van der Waals surface area contributed by atoms with Crippen molar-refractivity contribution in [1.82, 2.24) is 0 Å². The first-order chi connectivity index (χ1) is 5.38. The molecule has 0 aromatic carbocycles. The van der Waals surface area contributed by atoms with Crippen molar-refractivity contribution >= 4 is 0 Å². The molecule has 12 heavy (non-hydrogen) atoms. The normalized spacial score (nSPS) is 37.2. The third kappa shape index (κ3) is 2.76. The van der Waals surface area contributed by atoms with Crippen molar-refractivity contribution in [2.24, 2.45) is 0 Å². The van der Waals surface area contributed by atoms with Crippen LogP contribution in [0.25, 0.3) is 0 Å². The van der Waals surface area contributed by atoms with Gasteiger partial charge in [-0.1, -0.05) is 0 Å². The quantitative estimate of drug-likeness (QED) is 0.604. The van der Waals surface area contributed by atoms with Gasteiger partial charge in [0.2, 0.25) is 0 Å². The fourth-order valence-corrected chi connectivity index (χ4v) is 1.63. The summed E-state index contributed by atoms with van der Waals surface area (Å²) < 4.78 is 11.5. The van der Waals surface area contributed by atoms with Crippen LogP contribution in [0, 0.1) is 0 Å². The molecule has 3 atom stereocenters. The topological polar surface area (TPSA) is 18.5 Å². The van der Waals surface area contributed by atoms with Gasteiger partial charge >= 0.3 is 0 Å². The first-order valence-corrected chi connectivity index (χ1v) is 4.72. The molecule has 2 nitrogen and oxygen atoms in total. The van der Waals surface area contributed by atoms with Crippen LogP contribution in [0.4, 0.5) is 0 Å². The Labute approximate surface area is 75.2 Å². The molecule has 1 rings (SSSR count). The highest BCUT2D eigenvalue weighted by molar-refractivity contribution is 4.80. The van der Waals surface area contributed by atoms with Crippen molar-refractivity contribution in [3.8, 4) is 0 Å². The summed E-state index contributed by atoms with van der Waals surface area (Å²) in [6, 6.07) is 0. The van der Waals surface area contributed by atoms with Crippen LogP contribution in [-0.2, 0) is 9.47 Å². The number of ether oxygens (including phenoxy) is 2. The summed E-state index contributed by atoms with van der Waals surface area (Å²) in [6.07, 6.45) is 1.91. The molecule has 0 aliphatic carbocycles. The molecule has 0 spiro atoms. The predicted octanol–water partition coefficient (Wildman–Crippen LogP) is 2.37. The molecule has 1 aliphatic rings. The maximum atomic E-state index is 5.86. The van der Waals surface area contributed by atoms with Crippen molar-refractivity contribution in [1.29, 1.82) is 0 Å². The van der Waals surface area contributed by atoms with Crippen LogP contribution in [0.1, 0.15) is 41.0 Å². The van der Waals surface area contributed by atoms with Gasteiger partial charge in [-0.15, -0.1) is 0 Å². The second kappa shape index (κ2) is 3.35. The summed E-state index contributed by atoms with van der Waals surface area (Å²) >= 11 is 0. The minimum atomic E-state index is -0.0493. The molecule has 0 aromatic rings. The molecular weight excluding hydrogens is 152 g/mol. The Morgan fingerprint density at radius 1 is 1.25 bits per heavy atom. The molecule has 2 heteroatoms. The second-order valence-electron chi connectivity index (χ2n) is 4.66. The molecule has 0 radical (unpaired) electrons. The highest BCUT2D eigenvalue weighted by Crippen LogP contribution is 2.26. The summed E-state index contributed by atoms with van der Waals surface area (Å²) in [7, 11) is 0. The van der Waals surface area contributed by atoms with Gasteiger partial charge in [0.05, 0.1) is 23.9 Å². The van der Waals surface area contributed by atoms with Gasteiger partial charge in [-0.25, -0.2) is 0 Å². The Morgan fingerprint density at radius 3 is 2.17 bits per heavy atom. The van der Waals surface area contributed by atoms with Crippen LogP contribution in [0.3, 0.4) is 0 Å². The number of rotatable bonds is 1. The summed E-state index contributed by atoms with van der Waals surface area (Å²) in [5.74, 6) is 0. The standard InChI is InChI=1S/C10H20O2/c1-7-6-9(8(2)11-7)12-10(3,4)5/h7-9H,6H2,1-5H3/t7-,8+,9+/m0/s1. The molecule has 1 heterocycles. The van der Waals surface area contributed by atoms with Gasteiger partial charge in [-0.05, 0) is 34.6 Å². The van der Waals surface area contributed by atoms with Crippen LogP contribution in [-0.4, -0.2) is 23.9 Å². The van der Waals surface area contributed by atoms with Crippen LogP contribution >= 0.6 is 0 Å². The Morgan fingerprint density at radius 2 is 1.83 bits per heavy atom. The lowest BCUT2D eigenvalue weighted by Gasteiger charge is -2.26. The first kappa shape index (κ1) is 10.0. The minimum Gasteiger partial charge on any atom is -0.373 e. The molecule has 0 aromatic heterocycles. The van der Waals surface area contributed by atoms with E-state index in [-0.39, 0.29) is 17.8 Å². The lowest BCUT2D eigenvalue weighted by molar-refractivity contribution is -0.0846. The van der Waals surface area contributed by atoms with Gasteiger partial charge in [0.15, 0.2) is 0 Å². The van der Waals surface area contributed by atoms with Gasteiger partial charge in [-0.3, -0.25) is 0 Å². The average Bonchev–Trinajstić information content (AvgIpc) is 2.06. The highest BCUT2D eigenvalue weighted by Gasteiger charge is 2.32. The van der Waals surface area contributed by atoms with E-state index < -0.39 is 0 Å².